The van der Waals surface area contributed by atoms with Crippen LogP contribution in [0.15, 0.2) is 30.3 Å². The van der Waals surface area contributed by atoms with Crippen molar-refractivity contribution in [2.45, 2.75) is 12.5 Å². The Morgan fingerprint density at radius 3 is 2.73 bits per heavy atom. The van der Waals surface area contributed by atoms with Crippen molar-refractivity contribution in [3.63, 3.8) is 0 Å². The molecule has 0 radical (unpaired) electrons. The Hall–Kier alpha value is -1.84. The number of carbonyl (C=O) groups is 2. The summed E-state index contributed by atoms with van der Waals surface area (Å²) in [5.41, 5.74) is 1.00. The van der Waals surface area contributed by atoms with Crippen LogP contribution in [0.3, 0.4) is 0 Å². The van der Waals surface area contributed by atoms with Gasteiger partial charge in [-0.25, -0.2) is 4.79 Å². The molecule has 78 valence electrons. The average Bonchev–Trinajstić information content (AvgIpc) is 2.25. The van der Waals surface area contributed by atoms with Crippen LogP contribution in [0.2, 0.25) is 0 Å². The highest BCUT2D eigenvalue weighted by atomic mass is 16.5. The molecule has 1 atom stereocenters. The molecule has 1 saturated heterocycles. The first kappa shape index (κ1) is 9.71. The first-order valence-corrected chi connectivity index (χ1v) is 4.75. The molecule has 1 aromatic carbocycles. The van der Waals surface area contributed by atoms with Crippen molar-refractivity contribution in [2.75, 3.05) is 6.61 Å². The molecule has 0 saturated carbocycles. The Labute approximate surface area is 87.2 Å². The number of amides is 1. The van der Waals surface area contributed by atoms with Crippen molar-refractivity contribution in [3.05, 3.63) is 35.9 Å². The van der Waals surface area contributed by atoms with Crippen LogP contribution < -0.4 is 5.32 Å². The number of nitrogens with one attached hydrogen (secondary N) is 1. The van der Waals surface area contributed by atoms with Gasteiger partial charge in [-0.1, -0.05) is 30.3 Å². The fraction of sp³-hybridized carbons (Fsp3) is 0.273. The zero-order valence-electron chi connectivity index (χ0n) is 8.10. The lowest BCUT2D eigenvalue weighted by molar-refractivity contribution is -0.157. The molecule has 1 aromatic rings. The van der Waals surface area contributed by atoms with Crippen LogP contribution in [-0.2, 0) is 20.7 Å². The van der Waals surface area contributed by atoms with Crippen LogP contribution >= 0.6 is 0 Å². The molecule has 0 aliphatic carbocycles. The van der Waals surface area contributed by atoms with Crippen molar-refractivity contribution in [3.8, 4) is 0 Å². The van der Waals surface area contributed by atoms with Gasteiger partial charge < -0.3 is 10.1 Å². The van der Waals surface area contributed by atoms with Gasteiger partial charge >= 0.3 is 5.97 Å². The van der Waals surface area contributed by atoms with Crippen molar-refractivity contribution in [2.24, 2.45) is 0 Å². The minimum absolute atomic E-state index is 0.163. The van der Waals surface area contributed by atoms with Crippen molar-refractivity contribution in [1.29, 1.82) is 0 Å². The Morgan fingerprint density at radius 2 is 2.00 bits per heavy atom. The predicted octanol–water partition coefficient (Wildman–Crippen LogP) is 0.271. The SMILES string of the molecule is O=C1COC(=O)C(Cc2ccccc2)N1. The topological polar surface area (TPSA) is 55.4 Å². The van der Waals surface area contributed by atoms with Gasteiger partial charge in [0.05, 0.1) is 0 Å². The van der Waals surface area contributed by atoms with E-state index in [1.54, 1.807) is 0 Å². The van der Waals surface area contributed by atoms with E-state index in [-0.39, 0.29) is 18.5 Å². The summed E-state index contributed by atoms with van der Waals surface area (Å²) in [6.07, 6.45) is 0.478. The highest BCUT2D eigenvalue weighted by molar-refractivity contribution is 5.90. The Morgan fingerprint density at radius 1 is 1.27 bits per heavy atom. The van der Waals surface area contributed by atoms with Gasteiger partial charge in [-0.15, -0.1) is 0 Å². The normalized spacial score (nSPS) is 20.7. The highest BCUT2D eigenvalue weighted by Crippen LogP contribution is 2.06. The van der Waals surface area contributed by atoms with Gasteiger partial charge in [0.15, 0.2) is 6.61 Å². The summed E-state index contributed by atoms with van der Waals surface area (Å²) >= 11 is 0. The third-order valence-electron chi connectivity index (χ3n) is 2.25. The van der Waals surface area contributed by atoms with E-state index >= 15 is 0 Å². The van der Waals surface area contributed by atoms with Gasteiger partial charge in [-0.3, -0.25) is 4.79 Å². The summed E-state index contributed by atoms with van der Waals surface area (Å²) in [5.74, 6) is -0.603. The predicted molar refractivity (Wildman–Crippen MR) is 53.0 cm³/mol. The molecule has 1 amide bonds. The fourth-order valence-corrected chi connectivity index (χ4v) is 1.52. The van der Waals surface area contributed by atoms with E-state index in [9.17, 15) is 9.59 Å². The van der Waals surface area contributed by atoms with Crippen molar-refractivity contribution < 1.29 is 14.3 Å². The lowest BCUT2D eigenvalue weighted by atomic mass is 10.1. The maximum atomic E-state index is 11.3. The summed E-state index contributed by atoms with van der Waals surface area (Å²) in [5, 5.41) is 2.60. The summed E-state index contributed by atoms with van der Waals surface area (Å²) in [4.78, 5) is 22.3. The van der Waals surface area contributed by atoms with Crippen LogP contribution in [0.5, 0.6) is 0 Å². The van der Waals surface area contributed by atoms with Gasteiger partial charge in [-0.2, -0.15) is 0 Å². The summed E-state index contributed by atoms with van der Waals surface area (Å²) < 4.78 is 4.72. The second-order valence-corrected chi connectivity index (χ2v) is 3.42. The molecule has 1 heterocycles. The number of carbonyl (C=O) groups excluding carboxylic acids is 2. The van der Waals surface area contributed by atoms with Crippen LogP contribution in [0.1, 0.15) is 5.56 Å². The number of hydrogen-bond donors (Lipinski definition) is 1. The Balaban J connectivity index is 2.05. The van der Waals surface area contributed by atoms with Gasteiger partial charge in [0, 0.05) is 6.42 Å². The molecule has 2 rings (SSSR count). The van der Waals surface area contributed by atoms with E-state index in [1.807, 2.05) is 30.3 Å². The lowest BCUT2D eigenvalue weighted by Crippen LogP contribution is -2.50. The zero-order chi connectivity index (χ0) is 10.7. The second-order valence-electron chi connectivity index (χ2n) is 3.42. The molecule has 0 spiro atoms. The van der Waals surface area contributed by atoms with Crippen LogP contribution in [0, 0.1) is 0 Å². The number of ether oxygens (including phenoxy) is 1. The van der Waals surface area contributed by atoms with Gasteiger partial charge in [-0.05, 0) is 5.56 Å². The number of morpholine rings is 1. The molecule has 1 aliphatic heterocycles. The average molecular weight is 205 g/mol. The van der Waals surface area contributed by atoms with Crippen LogP contribution in [-0.4, -0.2) is 24.5 Å². The maximum Gasteiger partial charge on any atom is 0.329 e. The minimum Gasteiger partial charge on any atom is -0.454 e. The lowest BCUT2D eigenvalue weighted by Gasteiger charge is -2.22. The Bertz CT molecular complexity index is 375. The smallest absolute Gasteiger partial charge is 0.329 e. The van der Waals surface area contributed by atoms with E-state index in [4.69, 9.17) is 4.74 Å². The first-order chi connectivity index (χ1) is 7.25. The van der Waals surface area contributed by atoms with E-state index in [0.717, 1.165) is 5.56 Å². The van der Waals surface area contributed by atoms with E-state index < -0.39 is 6.04 Å². The second kappa shape index (κ2) is 4.13. The first-order valence-electron chi connectivity index (χ1n) is 4.75. The fourth-order valence-electron chi connectivity index (χ4n) is 1.52. The zero-order valence-corrected chi connectivity index (χ0v) is 8.10. The third kappa shape index (κ3) is 2.34. The number of cyclic esters (lactones) is 1. The molecule has 1 N–H and O–H groups in total. The molecular formula is C11H11NO3. The molecule has 1 unspecified atom stereocenters. The molecule has 4 heteroatoms. The molecule has 0 bridgehead atoms. The molecule has 0 aromatic heterocycles. The molecule has 1 aliphatic rings. The highest BCUT2D eigenvalue weighted by Gasteiger charge is 2.27. The monoisotopic (exact) mass is 205 g/mol. The quantitative estimate of drug-likeness (QED) is 0.705. The summed E-state index contributed by atoms with van der Waals surface area (Å²) in [7, 11) is 0. The van der Waals surface area contributed by atoms with E-state index in [0.29, 0.717) is 6.42 Å². The van der Waals surface area contributed by atoms with Gasteiger partial charge in [0.2, 0.25) is 0 Å². The number of benzene rings is 1. The molecule has 4 nitrogen and oxygen atoms in total. The number of esters is 1. The van der Waals surface area contributed by atoms with Crippen molar-refractivity contribution >= 4 is 11.9 Å². The number of hydrogen-bond acceptors (Lipinski definition) is 3. The standard InChI is InChI=1S/C11H11NO3/c13-10-7-15-11(14)9(12-10)6-8-4-2-1-3-5-8/h1-5,9H,6-7H2,(H,12,13). The van der Waals surface area contributed by atoms with E-state index in [1.165, 1.54) is 0 Å². The Kier molecular flexibility index (Phi) is 2.67. The molecule has 1 fully saturated rings. The van der Waals surface area contributed by atoms with Crippen LogP contribution in [0.4, 0.5) is 0 Å². The summed E-state index contributed by atoms with van der Waals surface area (Å²) in [6.45, 7) is -0.163. The van der Waals surface area contributed by atoms with E-state index in [2.05, 4.69) is 5.32 Å². The third-order valence-corrected chi connectivity index (χ3v) is 2.25. The van der Waals surface area contributed by atoms with Gasteiger partial charge in [0.25, 0.3) is 5.91 Å². The largest absolute Gasteiger partial charge is 0.454 e. The van der Waals surface area contributed by atoms with Gasteiger partial charge in [0.1, 0.15) is 6.04 Å². The number of rotatable bonds is 2. The maximum absolute atomic E-state index is 11.3. The van der Waals surface area contributed by atoms with Crippen LogP contribution in [0.25, 0.3) is 0 Å². The minimum atomic E-state index is -0.548. The molecule has 15 heavy (non-hydrogen) atoms. The van der Waals surface area contributed by atoms with Crippen molar-refractivity contribution in [1.82, 2.24) is 5.32 Å². The molecular weight excluding hydrogens is 194 g/mol. The summed E-state index contributed by atoms with van der Waals surface area (Å²) in [6, 6.07) is 8.97.